The van der Waals surface area contributed by atoms with Crippen LogP contribution in [0.25, 0.3) is 50.2 Å². The van der Waals surface area contributed by atoms with E-state index in [1.54, 1.807) is 0 Å². The van der Waals surface area contributed by atoms with Crippen molar-refractivity contribution in [2.75, 3.05) is 0 Å². The van der Waals surface area contributed by atoms with Gasteiger partial charge in [-0.1, -0.05) is 176 Å². The summed E-state index contributed by atoms with van der Waals surface area (Å²) in [6, 6.07) is 72.8. The molecule has 2 heterocycles. The Morgan fingerprint density at radius 3 is 1.58 bits per heavy atom. The number of hydrogen-bond donors (Lipinski definition) is 0. The highest BCUT2D eigenvalue weighted by Gasteiger charge is 2.30. The third-order valence-electron chi connectivity index (χ3n) is 11.8. The highest BCUT2D eigenvalue weighted by Crippen LogP contribution is 2.45. The lowest BCUT2D eigenvalue weighted by Gasteiger charge is -2.20. The maximum Gasteiger partial charge on any atom is 0.171 e. The van der Waals surface area contributed by atoms with Gasteiger partial charge in [-0.25, -0.2) is 0 Å². The van der Waals surface area contributed by atoms with Gasteiger partial charge in [0.05, 0.1) is 22.2 Å². The van der Waals surface area contributed by atoms with Gasteiger partial charge in [-0.2, -0.15) is 0 Å². The van der Waals surface area contributed by atoms with E-state index in [0.29, 0.717) is 0 Å². The molecule has 60 heavy (non-hydrogen) atoms. The summed E-state index contributed by atoms with van der Waals surface area (Å²) in [6.45, 7) is 0. The number of fused-ring (bicyclic) bond motifs is 7. The molecule has 0 radical (unpaired) electrons. The minimum Gasteiger partial charge on any atom is -0.309 e. The fourth-order valence-corrected chi connectivity index (χ4v) is 14.1. The monoisotopic (exact) mass is 806 g/mol. The molecular weight excluding hydrogens is 767 g/mol. The second kappa shape index (κ2) is 15.1. The van der Waals surface area contributed by atoms with Crippen LogP contribution < -0.4 is 31.8 Å². The van der Waals surface area contributed by atoms with Gasteiger partial charge in [0.2, 0.25) is 0 Å². The van der Waals surface area contributed by atoms with Crippen LogP contribution in [-0.4, -0.2) is 9.13 Å². The van der Waals surface area contributed by atoms with Crippen molar-refractivity contribution in [3.8, 4) is 11.4 Å². The molecule has 1 aliphatic carbocycles. The SMILES string of the molecule is O=P(c1ccccc1)(c1ccccc1)c1ccc(-n2c3c(c4ccc5c(c6ccccc6n5-c5ccc(P(c6ccccc6)c6ccccc6)cc5)c42)CC=CC=C3)cc1. The summed E-state index contributed by atoms with van der Waals surface area (Å²) in [6.07, 6.45) is 9.62. The van der Waals surface area contributed by atoms with E-state index in [4.69, 9.17) is 0 Å². The van der Waals surface area contributed by atoms with Gasteiger partial charge in [-0.05, 0) is 90.4 Å². The highest BCUT2D eigenvalue weighted by atomic mass is 31.2. The molecule has 0 atom stereocenters. The Bertz CT molecular complexity index is 3190. The maximum atomic E-state index is 15.3. The maximum absolute atomic E-state index is 15.3. The molecule has 0 fully saturated rings. The standard InChI is InChI=1S/C55H40N2OP2/c58-60(45-22-10-3-11-23-45,46-24-12-4-13-25-46)47-36-32-41(33-37-47)57-51-28-15-5-14-26-48(51)49-38-39-53-54(55(49)57)50-27-16-17-29-52(50)56(53)40-30-34-44(35-31-40)59(42-18-6-1-7-19-42)43-20-8-2-9-21-43/h1-25,27-39H,26H2. The molecule has 3 nitrogen and oxygen atoms in total. The zero-order valence-corrected chi connectivity index (χ0v) is 34.6. The van der Waals surface area contributed by atoms with Gasteiger partial charge in [0.15, 0.2) is 7.14 Å². The van der Waals surface area contributed by atoms with Crippen molar-refractivity contribution in [3.63, 3.8) is 0 Å². The lowest BCUT2D eigenvalue weighted by atomic mass is 10.0. The molecule has 0 unspecified atom stereocenters. The average Bonchev–Trinajstić information content (AvgIpc) is 3.70. The summed E-state index contributed by atoms with van der Waals surface area (Å²) < 4.78 is 20.2. The summed E-state index contributed by atoms with van der Waals surface area (Å²) in [5, 5.41) is 10.1. The van der Waals surface area contributed by atoms with Crippen LogP contribution in [0, 0.1) is 0 Å². The van der Waals surface area contributed by atoms with Crippen molar-refractivity contribution in [2.24, 2.45) is 0 Å². The molecule has 0 spiro atoms. The molecule has 8 aromatic carbocycles. The first-order valence-corrected chi connectivity index (χ1v) is 23.5. The van der Waals surface area contributed by atoms with E-state index in [2.05, 4.69) is 179 Å². The van der Waals surface area contributed by atoms with Crippen molar-refractivity contribution in [1.29, 1.82) is 0 Å². The molecule has 2 aromatic heterocycles. The number of hydrogen-bond acceptors (Lipinski definition) is 1. The Morgan fingerprint density at radius 2 is 0.950 bits per heavy atom. The van der Waals surface area contributed by atoms with Crippen molar-refractivity contribution in [2.45, 2.75) is 6.42 Å². The molecule has 0 N–H and O–H groups in total. The summed E-state index contributed by atoms with van der Waals surface area (Å²) in [4.78, 5) is 0. The zero-order valence-electron chi connectivity index (χ0n) is 32.8. The third kappa shape index (κ3) is 5.97. The Morgan fingerprint density at radius 1 is 0.433 bits per heavy atom. The third-order valence-corrected chi connectivity index (χ3v) is 17.4. The second-order valence-electron chi connectivity index (χ2n) is 15.2. The van der Waals surface area contributed by atoms with E-state index in [9.17, 15) is 0 Å². The predicted molar refractivity (Wildman–Crippen MR) is 258 cm³/mol. The quantitative estimate of drug-likeness (QED) is 0.141. The van der Waals surface area contributed by atoms with Crippen LogP contribution in [0.1, 0.15) is 11.3 Å². The van der Waals surface area contributed by atoms with Gasteiger partial charge >= 0.3 is 0 Å². The van der Waals surface area contributed by atoms with Crippen LogP contribution >= 0.6 is 15.1 Å². The van der Waals surface area contributed by atoms with Crippen LogP contribution in [0.4, 0.5) is 0 Å². The average molecular weight is 807 g/mol. The molecule has 286 valence electrons. The molecule has 0 bridgehead atoms. The van der Waals surface area contributed by atoms with Gasteiger partial charge in [0.25, 0.3) is 0 Å². The Hall–Kier alpha value is -6.76. The molecule has 0 amide bonds. The number of rotatable bonds is 8. The molecule has 1 aliphatic rings. The minimum atomic E-state index is -3.13. The largest absolute Gasteiger partial charge is 0.309 e. The van der Waals surface area contributed by atoms with Crippen LogP contribution in [0.2, 0.25) is 0 Å². The van der Waals surface area contributed by atoms with Crippen molar-refractivity contribution < 1.29 is 4.57 Å². The predicted octanol–water partition coefficient (Wildman–Crippen LogP) is 11.3. The molecular formula is C55H40N2OP2. The molecule has 0 saturated carbocycles. The number of para-hydroxylation sites is 1. The summed E-state index contributed by atoms with van der Waals surface area (Å²) in [5.74, 6) is 0. The summed E-state index contributed by atoms with van der Waals surface area (Å²) >= 11 is 0. The molecule has 11 rings (SSSR count). The molecule has 10 aromatic rings. The second-order valence-corrected chi connectivity index (χ2v) is 20.2. The first-order chi connectivity index (χ1) is 29.7. The number of aromatic nitrogens is 2. The van der Waals surface area contributed by atoms with Gasteiger partial charge in [-0.15, -0.1) is 0 Å². The number of allylic oxidation sites excluding steroid dienone is 3. The fraction of sp³-hybridized carbons (Fsp3) is 0.0182. The van der Waals surface area contributed by atoms with Crippen molar-refractivity contribution in [1.82, 2.24) is 9.13 Å². The van der Waals surface area contributed by atoms with Gasteiger partial charge in [0.1, 0.15) is 0 Å². The van der Waals surface area contributed by atoms with E-state index in [-0.39, 0.29) is 0 Å². The van der Waals surface area contributed by atoms with E-state index < -0.39 is 15.1 Å². The van der Waals surface area contributed by atoms with Crippen molar-refractivity contribution >= 4 is 85.7 Å². The number of benzene rings is 8. The Balaban J connectivity index is 1.10. The van der Waals surface area contributed by atoms with E-state index >= 15 is 4.57 Å². The summed E-state index contributed by atoms with van der Waals surface area (Å²) in [5.41, 5.74) is 8.15. The smallest absolute Gasteiger partial charge is 0.171 e. The molecule has 5 heteroatoms. The van der Waals surface area contributed by atoms with E-state index in [1.165, 1.54) is 54.4 Å². The first kappa shape index (κ1) is 36.3. The van der Waals surface area contributed by atoms with Crippen LogP contribution in [-0.2, 0) is 11.0 Å². The van der Waals surface area contributed by atoms with Crippen LogP contribution in [0.5, 0.6) is 0 Å². The Labute approximate surface area is 351 Å². The first-order valence-electron chi connectivity index (χ1n) is 20.4. The van der Waals surface area contributed by atoms with Crippen molar-refractivity contribution in [3.05, 3.63) is 236 Å². The van der Waals surface area contributed by atoms with Gasteiger partial charge < -0.3 is 13.7 Å². The highest BCUT2D eigenvalue weighted by molar-refractivity contribution is 7.85. The minimum absolute atomic E-state index is 0.719. The van der Waals surface area contributed by atoms with Gasteiger partial charge in [-0.3, -0.25) is 0 Å². The zero-order chi connectivity index (χ0) is 40.0. The molecule has 0 aliphatic heterocycles. The lowest BCUT2D eigenvalue weighted by Crippen LogP contribution is -2.25. The normalized spacial score (nSPS) is 12.7. The topological polar surface area (TPSA) is 26.9 Å². The molecule has 0 saturated heterocycles. The van der Waals surface area contributed by atoms with E-state index in [0.717, 1.165) is 39.2 Å². The van der Waals surface area contributed by atoms with Gasteiger partial charge in [0, 0.05) is 43.4 Å². The number of nitrogens with zero attached hydrogens (tertiary/aromatic N) is 2. The fourth-order valence-electron chi connectivity index (χ4n) is 9.15. The summed E-state index contributed by atoms with van der Waals surface area (Å²) in [7, 11) is -3.85. The Kier molecular flexibility index (Phi) is 9.16. The van der Waals surface area contributed by atoms with Crippen LogP contribution in [0.15, 0.2) is 224 Å². The van der Waals surface area contributed by atoms with Crippen LogP contribution in [0.3, 0.4) is 0 Å². The van der Waals surface area contributed by atoms with E-state index in [1.807, 2.05) is 60.7 Å². The lowest BCUT2D eigenvalue weighted by molar-refractivity contribution is 0.592.